The standard InChI is InChI=1S/C16H24N4O4S/c1-12(21)15-5-3-7-20(15)16(22)14-4-2-6-18(11-14)25(23,24)19-9-13(8-17)10-19/h13-15H,2-7,9-11H2,1H3/t14-,15+/m0/s1. The first kappa shape index (κ1) is 18.3. The molecule has 0 bridgehead atoms. The van der Waals surface area contributed by atoms with Crippen molar-refractivity contribution in [2.45, 2.75) is 38.6 Å². The van der Waals surface area contributed by atoms with E-state index < -0.39 is 16.1 Å². The summed E-state index contributed by atoms with van der Waals surface area (Å²) in [5.41, 5.74) is 0. The fourth-order valence-corrected chi connectivity index (χ4v) is 5.70. The van der Waals surface area contributed by atoms with Crippen molar-refractivity contribution in [2.75, 3.05) is 32.7 Å². The predicted molar refractivity (Wildman–Crippen MR) is 89.3 cm³/mol. The number of rotatable bonds is 4. The van der Waals surface area contributed by atoms with Gasteiger partial charge < -0.3 is 4.90 Å². The van der Waals surface area contributed by atoms with Crippen LogP contribution in [0.15, 0.2) is 0 Å². The van der Waals surface area contributed by atoms with E-state index in [2.05, 4.69) is 6.07 Å². The molecule has 1 amide bonds. The molecule has 0 aromatic heterocycles. The zero-order chi connectivity index (χ0) is 18.2. The number of nitriles is 1. The molecule has 3 aliphatic rings. The Morgan fingerprint density at radius 3 is 2.36 bits per heavy atom. The Kier molecular flexibility index (Phi) is 5.14. The van der Waals surface area contributed by atoms with Crippen molar-refractivity contribution in [3.8, 4) is 6.07 Å². The summed E-state index contributed by atoms with van der Waals surface area (Å²) in [6.07, 6.45) is 2.78. The molecule has 3 aliphatic heterocycles. The second kappa shape index (κ2) is 7.02. The fourth-order valence-electron chi connectivity index (χ4n) is 3.91. The summed E-state index contributed by atoms with van der Waals surface area (Å²) in [6, 6.07) is 1.71. The van der Waals surface area contributed by atoms with Crippen molar-refractivity contribution in [3.63, 3.8) is 0 Å². The minimum atomic E-state index is -3.61. The average Bonchev–Trinajstić information content (AvgIpc) is 3.03. The van der Waals surface area contributed by atoms with Gasteiger partial charge in [-0.05, 0) is 32.6 Å². The van der Waals surface area contributed by atoms with Gasteiger partial charge in [-0.1, -0.05) is 0 Å². The van der Waals surface area contributed by atoms with Crippen LogP contribution in [-0.2, 0) is 19.8 Å². The van der Waals surface area contributed by atoms with E-state index in [0.29, 0.717) is 32.4 Å². The maximum atomic E-state index is 12.8. The summed E-state index contributed by atoms with van der Waals surface area (Å²) in [7, 11) is -3.61. The number of carbonyl (C=O) groups is 2. The zero-order valence-electron chi connectivity index (χ0n) is 14.4. The topological polar surface area (TPSA) is 102 Å². The Hall–Kier alpha value is -1.50. The highest BCUT2D eigenvalue weighted by Gasteiger charge is 2.43. The van der Waals surface area contributed by atoms with Gasteiger partial charge in [-0.15, -0.1) is 0 Å². The van der Waals surface area contributed by atoms with Crippen molar-refractivity contribution in [1.82, 2.24) is 13.5 Å². The van der Waals surface area contributed by atoms with Crippen molar-refractivity contribution in [3.05, 3.63) is 0 Å². The van der Waals surface area contributed by atoms with Gasteiger partial charge in [-0.2, -0.15) is 22.3 Å². The number of hydrogen-bond donors (Lipinski definition) is 0. The smallest absolute Gasteiger partial charge is 0.282 e. The summed E-state index contributed by atoms with van der Waals surface area (Å²) in [5, 5.41) is 8.82. The first-order chi connectivity index (χ1) is 11.8. The van der Waals surface area contributed by atoms with Gasteiger partial charge in [-0.25, -0.2) is 0 Å². The van der Waals surface area contributed by atoms with Crippen molar-refractivity contribution in [1.29, 1.82) is 5.26 Å². The maximum absolute atomic E-state index is 12.8. The molecule has 0 saturated carbocycles. The van der Waals surface area contributed by atoms with E-state index in [4.69, 9.17) is 5.26 Å². The number of hydrogen-bond acceptors (Lipinski definition) is 5. The van der Waals surface area contributed by atoms with Crippen molar-refractivity contribution >= 4 is 21.9 Å². The minimum absolute atomic E-state index is 0.00531. The Labute approximate surface area is 148 Å². The van der Waals surface area contributed by atoms with Crippen LogP contribution >= 0.6 is 0 Å². The Morgan fingerprint density at radius 1 is 1.04 bits per heavy atom. The zero-order valence-corrected chi connectivity index (χ0v) is 15.2. The fraction of sp³-hybridized carbons (Fsp3) is 0.812. The Morgan fingerprint density at radius 2 is 1.72 bits per heavy atom. The third-order valence-electron chi connectivity index (χ3n) is 5.42. The molecule has 0 aromatic rings. The van der Waals surface area contributed by atoms with Crippen LogP contribution in [0.3, 0.4) is 0 Å². The van der Waals surface area contributed by atoms with E-state index in [-0.39, 0.29) is 43.3 Å². The lowest BCUT2D eigenvalue weighted by molar-refractivity contribution is -0.141. The minimum Gasteiger partial charge on any atom is -0.332 e. The van der Waals surface area contributed by atoms with Crippen LogP contribution in [0.2, 0.25) is 0 Å². The molecule has 0 aliphatic carbocycles. The highest BCUT2D eigenvalue weighted by atomic mass is 32.2. The number of carbonyl (C=O) groups excluding carboxylic acids is 2. The summed E-state index contributed by atoms with van der Waals surface area (Å²) < 4.78 is 28.0. The SMILES string of the molecule is CC(=O)[C@H]1CCCN1C(=O)[C@H]1CCCN(S(=O)(=O)N2CC(C#N)C2)C1. The molecule has 8 nitrogen and oxygen atoms in total. The predicted octanol–water partition coefficient (Wildman–Crippen LogP) is -0.0214. The Balaban J connectivity index is 1.66. The lowest BCUT2D eigenvalue weighted by atomic mass is 9.97. The molecule has 3 heterocycles. The average molecular weight is 368 g/mol. The van der Waals surface area contributed by atoms with Crippen LogP contribution in [0.1, 0.15) is 32.6 Å². The second-order valence-corrected chi connectivity index (χ2v) is 9.08. The second-order valence-electron chi connectivity index (χ2n) is 7.15. The van der Waals surface area contributed by atoms with Crippen molar-refractivity contribution in [2.24, 2.45) is 11.8 Å². The largest absolute Gasteiger partial charge is 0.332 e. The van der Waals surface area contributed by atoms with Gasteiger partial charge in [0.25, 0.3) is 10.2 Å². The monoisotopic (exact) mass is 368 g/mol. The molecule has 0 unspecified atom stereocenters. The van der Waals surface area contributed by atoms with Gasteiger partial charge in [0.05, 0.1) is 23.9 Å². The highest BCUT2D eigenvalue weighted by molar-refractivity contribution is 7.86. The maximum Gasteiger partial charge on any atom is 0.282 e. The lowest BCUT2D eigenvalue weighted by Crippen LogP contribution is -2.57. The van der Waals surface area contributed by atoms with E-state index in [0.717, 1.165) is 6.42 Å². The first-order valence-corrected chi connectivity index (χ1v) is 10.2. The molecule has 3 saturated heterocycles. The van der Waals surface area contributed by atoms with Crippen LogP contribution in [0.25, 0.3) is 0 Å². The molecule has 2 atom stereocenters. The van der Waals surface area contributed by atoms with E-state index in [1.165, 1.54) is 15.5 Å². The van der Waals surface area contributed by atoms with Gasteiger partial charge in [0.1, 0.15) is 0 Å². The Bertz CT molecular complexity index is 695. The van der Waals surface area contributed by atoms with Gasteiger partial charge in [0.15, 0.2) is 5.78 Å². The van der Waals surface area contributed by atoms with Crippen LogP contribution in [-0.4, -0.2) is 72.4 Å². The summed E-state index contributed by atoms with van der Waals surface area (Å²) in [5.74, 6) is -0.736. The summed E-state index contributed by atoms with van der Waals surface area (Å²) >= 11 is 0. The molecule has 138 valence electrons. The van der Waals surface area contributed by atoms with Gasteiger partial charge >= 0.3 is 0 Å². The summed E-state index contributed by atoms with van der Waals surface area (Å²) in [4.78, 5) is 26.2. The number of nitrogens with zero attached hydrogens (tertiary/aromatic N) is 4. The van der Waals surface area contributed by atoms with E-state index in [9.17, 15) is 18.0 Å². The lowest BCUT2D eigenvalue weighted by Gasteiger charge is -2.41. The van der Waals surface area contributed by atoms with E-state index >= 15 is 0 Å². The molecule has 3 rings (SSSR count). The normalized spacial score (nSPS) is 29.2. The van der Waals surface area contributed by atoms with E-state index in [1.54, 1.807) is 4.90 Å². The third-order valence-corrected chi connectivity index (χ3v) is 7.36. The van der Waals surface area contributed by atoms with E-state index in [1.807, 2.05) is 0 Å². The molecule has 9 heteroatoms. The van der Waals surface area contributed by atoms with Crippen LogP contribution < -0.4 is 0 Å². The number of Topliss-reactive ketones (excluding diaryl/α,β-unsaturated/α-hetero) is 1. The van der Waals surface area contributed by atoms with Crippen LogP contribution in [0.4, 0.5) is 0 Å². The number of amides is 1. The van der Waals surface area contributed by atoms with Gasteiger partial charge in [0, 0.05) is 32.7 Å². The molecular formula is C16H24N4O4S. The summed E-state index contributed by atoms with van der Waals surface area (Å²) in [6.45, 7) is 3.09. The number of piperidine rings is 1. The van der Waals surface area contributed by atoms with Gasteiger partial charge in [0.2, 0.25) is 5.91 Å². The molecule has 25 heavy (non-hydrogen) atoms. The van der Waals surface area contributed by atoms with Crippen LogP contribution in [0.5, 0.6) is 0 Å². The number of ketones is 1. The third kappa shape index (κ3) is 3.43. The molecule has 0 N–H and O–H groups in total. The first-order valence-electron chi connectivity index (χ1n) is 8.80. The number of likely N-dealkylation sites (tertiary alicyclic amines) is 1. The molecule has 0 spiro atoms. The van der Waals surface area contributed by atoms with Crippen molar-refractivity contribution < 1.29 is 18.0 Å². The van der Waals surface area contributed by atoms with Crippen LogP contribution in [0, 0.1) is 23.2 Å². The molecule has 0 aromatic carbocycles. The molecule has 0 radical (unpaired) electrons. The van der Waals surface area contributed by atoms with Gasteiger partial charge in [-0.3, -0.25) is 9.59 Å². The highest BCUT2D eigenvalue weighted by Crippen LogP contribution is 2.29. The molecule has 3 fully saturated rings. The quantitative estimate of drug-likeness (QED) is 0.694. The molecular weight excluding hydrogens is 344 g/mol.